The number of ether oxygens (including phenoxy) is 2. The van der Waals surface area contributed by atoms with Crippen molar-refractivity contribution < 1.29 is 22.7 Å². The van der Waals surface area contributed by atoms with Gasteiger partial charge in [0.15, 0.2) is 11.5 Å². The van der Waals surface area contributed by atoms with Gasteiger partial charge in [-0.05, 0) is 49.2 Å². The van der Waals surface area contributed by atoms with Crippen LogP contribution in [0.1, 0.15) is 11.1 Å². The first-order chi connectivity index (χ1) is 13.2. The average molecular weight is 404 g/mol. The minimum Gasteiger partial charge on any atom is -0.486 e. The normalized spacial score (nSPS) is 15.8. The Labute approximate surface area is 165 Å². The highest BCUT2D eigenvalue weighted by Crippen LogP contribution is 2.30. The summed E-state index contributed by atoms with van der Waals surface area (Å²) in [5.74, 6) is 0.884. The van der Waals surface area contributed by atoms with Crippen LogP contribution in [0.4, 0.5) is 5.69 Å². The van der Waals surface area contributed by atoms with Crippen LogP contribution < -0.4 is 19.1 Å². The second kappa shape index (κ2) is 8.10. The second-order valence-corrected chi connectivity index (χ2v) is 8.75. The topological polar surface area (TPSA) is 84.9 Å². The van der Waals surface area contributed by atoms with Gasteiger partial charge in [-0.3, -0.25) is 9.10 Å². The molecule has 28 heavy (non-hydrogen) atoms. The molecule has 0 unspecified atom stereocenters. The highest BCUT2D eigenvalue weighted by Gasteiger charge is 2.24. The standard InChI is InChI=1S/C20H24N2O5S/c1-14-8-9-16(10-15(14)2)22(28(3,24)25)12-20(23)21-11-17-13-26-18-6-4-5-7-19(18)27-17/h4-10,17H,11-13H2,1-3H3,(H,21,23)/t17-/m1/s1. The third kappa shape index (κ3) is 4.75. The number of nitrogens with one attached hydrogen (secondary N) is 1. The number of hydrogen-bond donors (Lipinski definition) is 1. The molecule has 1 aliphatic rings. The molecule has 1 atom stereocenters. The maximum Gasteiger partial charge on any atom is 0.240 e. The minimum atomic E-state index is -3.61. The predicted octanol–water partition coefficient (Wildman–Crippen LogP) is 2.03. The molecule has 0 spiro atoms. The Kier molecular flexibility index (Phi) is 5.79. The molecule has 0 aromatic heterocycles. The van der Waals surface area contributed by atoms with E-state index in [1.807, 2.05) is 38.1 Å². The van der Waals surface area contributed by atoms with Crippen LogP contribution in [0.5, 0.6) is 11.5 Å². The Morgan fingerprint density at radius 1 is 1.14 bits per heavy atom. The number of fused-ring (bicyclic) bond motifs is 1. The van der Waals surface area contributed by atoms with E-state index in [0.717, 1.165) is 21.7 Å². The van der Waals surface area contributed by atoms with E-state index in [9.17, 15) is 13.2 Å². The minimum absolute atomic E-state index is 0.220. The number of para-hydroxylation sites is 2. The number of amides is 1. The summed E-state index contributed by atoms with van der Waals surface area (Å²) in [6, 6.07) is 12.6. The average Bonchev–Trinajstić information content (AvgIpc) is 2.65. The van der Waals surface area contributed by atoms with Gasteiger partial charge in [0.25, 0.3) is 0 Å². The van der Waals surface area contributed by atoms with Gasteiger partial charge in [-0.2, -0.15) is 0 Å². The molecule has 3 rings (SSSR count). The van der Waals surface area contributed by atoms with E-state index in [4.69, 9.17) is 9.47 Å². The summed E-state index contributed by atoms with van der Waals surface area (Å²) in [4.78, 5) is 12.4. The maximum atomic E-state index is 12.4. The molecule has 1 N–H and O–H groups in total. The van der Waals surface area contributed by atoms with Gasteiger partial charge in [0.05, 0.1) is 18.5 Å². The van der Waals surface area contributed by atoms with Crippen LogP contribution in [-0.4, -0.2) is 46.4 Å². The number of carbonyl (C=O) groups is 1. The number of benzene rings is 2. The Morgan fingerprint density at radius 2 is 1.86 bits per heavy atom. The molecule has 2 aromatic carbocycles. The fourth-order valence-electron chi connectivity index (χ4n) is 2.86. The van der Waals surface area contributed by atoms with E-state index in [2.05, 4.69) is 5.32 Å². The van der Waals surface area contributed by atoms with Gasteiger partial charge in [0.2, 0.25) is 15.9 Å². The molecular formula is C20H24N2O5S. The van der Waals surface area contributed by atoms with Crippen LogP contribution in [0, 0.1) is 13.8 Å². The summed E-state index contributed by atoms with van der Waals surface area (Å²) in [5, 5.41) is 2.73. The molecule has 1 heterocycles. The van der Waals surface area contributed by atoms with E-state index < -0.39 is 15.9 Å². The SMILES string of the molecule is Cc1ccc(N(CC(=O)NC[C@@H]2COc3ccccc3O2)S(C)(=O)=O)cc1C. The number of sulfonamides is 1. The number of rotatable bonds is 6. The summed E-state index contributed by atoms with van der Waals surface area (Å²) >= 11 is 0. The molecule has 0 aliphatic carbocycles. The molecule has 8 heteroatoms. The van der Waals surface area contributed by atoms with Crippen molar-refractivity contribution in [2.45, 2.75) is 20.0 Å². The Morgan fingerprint density at radius 3 is 2.54 bits per heavy atom. The van der Waals surface area contributed by atoms with Crippen molar-refractivity contribution in [3.8, 4) is 11.5 Å². The van der Waals surface area contributed by atoms with E-state index in [0.29, 0.717) is 23.8 Å². The second-order valence-electron chi connectivity index (χ2n) is 6.84. The van der Waals surface area contributed by atoms with Gasteiger partial charge in [0.1, 0.15) is 19.3 Å². The molecule has 1 amide bonds. The number of hydrogen-bond acceptors (Lipinski definition) is 5. The van der Waals surface area contributed by atoms with E-state index in [1.165, 1.54) is 0 Å². The zero-order valence-corrected chi connectivity index (χ0v) is 17.0. The maximum absolute atomic E-state index is 12.4. The summed E-state index contributed by atoms with van der Waals surface area (Å²) in [6.07, 6.45) is 0.747. The molecule has 0 radical (unpaired) electrons. The predicted molar refractivity (Wildman–Crippen MR) is 107 cm³/mol. The van der Waals surface area contributed by atoms with Gasteiger partial charge in [0, 0.05) is 0 Å². The Bertz CT molecular complexity index is 974. The lowest BCUT2D eigenvalue weighted by molar-refractivity contribution is -0.120. The fourth-order valence-corrected chi connectivity index (χ4v) is 3.71. The number of anilines is 1. The Hall–Kier alpha value is -2.74. The molecule has 150 valence electrons. The fraction of sp³-hybridized carbons (Fsp3) is 0.350. The first-order valence-electron chi connectivity index (χ1n) is 8.94. The zero-order valence-electron chi connectivity index (χ0n) is 16.1. The van der Waals surface area contributed by atoms with E-state index >= 15 is 0 Å². The number of carbonyl (C=O) groups excluding carboxylic acids is 1. The molecule has 0 bridgehead atoms. The van der Waals surface area contributed by atoms with Gasteiger partial charge < -0.3 is 14.8 Å². The highest BCUT2D eigenvalue weighted by atomic mass is 32.2. The van der Waals surface area contributed by atoms with Crippen molar-refractivity contribution in [2.75, 3.05) is 30.3 Å². The number of nitrogens with zero attached hydrogens (tertiary/aromatic N) is 1. The van der Waals surface area contributed by atoms with Crippen LogP contribution in [-0.2, 0) is 14.8 Å². The molecule has 0 saturated heterocycles. The molecular weight excluding hydrogens is 380 g/mol. The van der Waals surface area contributed by atoms with Crippen LogP contribution in [0.15, 0.2) is 42.5 Å². The molecule has 0 fully saturated rings. The van der Waals surface area contributed by atoms with Crippen LogP contribution in [0.2, 0.25) is 0 Å². The summed E-state index contributed by atoms with van der Waals surface area (Å²) in [7, 11) is -3.61. The van der Waals surface area contributed by atoms with Crippen molar-refractivity contribution in [2.24, 2.45) is 0 Å². The van der Waals surface area contributed by atoms with Gasteiger partial charge in [-0.25, -0.2) is 8.42 Å². The van der Waals surface area contributed by atoms with E-state index in [-0.39, 0.29) is 19.2 Å². The lowest BCUT2D eigenvalue weighted by Crippen LogP contribution is -2.45. The summed E-state index contributed by atoms with van der Waals surface area (Å²) in [5.41, 5.74) is 2.47. The largest absolute Gasteiger partial charge is 0.486 e. The van der Waals surface area contributed by atoms with Crippen LogP contribution in [0.25, 0.3) is 0 Å². The Balaban J connectivity index is 1.62. The van der Waals surface area contributed by atoms with Crippen molar-refractivity contribution >= 4 is 21.6 Å². The monoisotopic (exact) mass is 404 g/mol. The smallest absolute Gasteiger partial charge is 0.240 e. The van der Waals surface area contributed by atoms with Crippen molar-refractivity contribution in [3.63, 3.8) is 0 Å². The van der Waals surface area contributed by atoms with Gasteiger partial charge in [-0.15, -0.1) is 0 Å². The van der Waals surface area contributed by atoms with Crippen LogP contribution in [0.3, 0.4) is 0 Å². The van der Waals surface area contributed by atoms with Crippen LogP contribution >= 0.6 is 0 Å². The van der Waals surface area contributed by atoms with Crippen molar-refractivity contribution in [1.82, 2.24) is 5.32 Å². The summed E-state index contributed by atoms with van der Waals surface area (Å²) in [6.45, 7) is 4.08. The number of aryl methyl sites for hydroxylation is 2. The lowest BCUT2D eigenvalue weighted by atomic mass is 10.1. The molecule has 2 aromatic rings. The summed E-state index contributed by atoms with van der Waals surface area (Å²) < 4.78 is 36.9. The third-order valence-corrected chi connectivity index (χ3v) is 5.70. The highest BCUT2D eigenvalue weighted by molar-refractivity contribution is 7.92. The molecule has 7 nitrogen and oxygen atoms in total. The van der Waals surface area contributed by atoms with Gasteiger partial charge >= 0.3 is 0 Å². The quantitative estimate of drug-likeness (QED) is 0.796. The first kappa shape index (κ1) is 20.0. The first-order valence-corrected chi connectivity index (χ1v) is 10.8. The lowest BCUT2D eigenvalue weighted by Gasteiger charge is -2.27. The van der Waals surface area contributed by atoms with E-state index in [1.54, 1.807) is 18.2 Å². The van der Waals surface area contributed by atoms with Gasteiger partial charge in [-0.1, -0.05) is 18.2 Å². The van der Waals surface area contributed by atoms with Crippen molar-refractivity contribution in [1.29, 1.82) is 0 Å². The van der Waals surface area contributed by atoms with Crippen molar-refractivity contribution in [3.05, 3.63) is 53.6 Å². The molecule has 1 aliphatic heterocycles. The third-order valence-electron chi connectivity index (χ3n) is 4.56. The molecule has 0 saturated carbocycles. The zero-order chi connectivity index (χ0) is 20.3.